The van der Waals surface area contributed by atoms with Crippen molar-refractivity contribution < 1.29 is 15.0 Å². The Morgan fingerprint density at radius 2 is 1.67 bits per heavy atom. The van der Waals surface area contributed by atoms with Gasteiger partial charge in [-0.1, -0.05) is 49.6 Å². The Kier molecular flexibility index (Phi) is 5.17. The molecule has 18 heavy (non-hydrogen) atoms. The van der Waals surface area contributed by atoms with E-state index >= 15 is 0 Å². The van der Waals surface area contributed by atoms with Gasteiger partial charge < -0.3 is 10.2 Å². The lowest BCUT2D eigenvalue weighted by molar-refractivity contribution is -0.168. The first-order valence-corrected chi connectivity index (χ1v) is 6.17. The Balaban J connectivity index is 0.00000162. The minimum Gasteiger partial charge on any atom is -0.479 e. The highest BCUT2D eigenvalue weighted by molar-refractivity contribution is 5.85. The maximum absolute atomic E-state index is 11.5. The van der Waals surface area contributed by atoms with E-state index in [1.54, 1.807) is 24.3 Å². The summed E-state index contributed by atoms with van der Waals surface area (Å²) >= 11 is 0. The summed E-state index contributed by atoms with van der Waals surface area (Å²) in [6.07, 6.45) is 4.73. The number of hydrogen-bond acceptors (Lipinski definition) is 2. The maximum Gasteiger partial charge on any atom is 0.340 e. The zero-order valence-electron chi connectivity index (χ0n) is 10.2. The molecule has 0 unspecified atom stereocenters. The van der Waals surface area contributed by atoms with Crippen molar-refractivity contribution in [2.24, 2.45) is 5.92 Å². The van der Waals surface area contributed by atoms with Crippen LogP contribution in [0.4, 0.5) is 0 Å². The highest BCUT2D eigenvalue weighted by atomic mass is 35.5. The van der Waals surface area contributed by atoms with E-state index in [4.69, 9.17) is 0 Å². The highest BCUT2D eigenvalue weighted by Gasteiger charge is 2.45. The largest absolute Gasteiger partial charge is 0.479 e. The molecule has 100 valence electrons. The van der Waals surface area contributed by atoms with Crippen molar-refractivity contribution in [3.63, 3.8) is 0 Å². The molecule has 3 nitrogen and oxygen atoms in total. The van der Waals surface area contributed by atoms with E-state index in [9.17, 15) is 15.0 Å². The topological polar surface area (TPSA) is 57.5 Å². The summed E-state index contributed by atoms with van der Waals surface area (Å²) in [5.41, 5.74) is -1.22. The second-order valence-electron chi connectivity index (χ2n) is 4.77. The van der Waals surface area contributed by atoms with Gasteiger partial charge in [-0.3, -0.25) is 0 Å². The molecule has 0 saturated heterocycles. The van der Waals surface area contributed by atoms with Gasteiger partial charge >= 0.3 is 5.97 Å². The summed E-state index contributed by atoms with van der Waals surface area (Å²) < 4.78 is 0. The van der Waals surface area contributed by atoms with Gasteiger partial charge in [0.05, 0.1) is 0 Å². The fourth-order valence-electron chi connectivity index (χ4n) is 2.75. The highest BCUT2D eigenvalue weighted by Crippen LogP contribution is 2.39. The van der Waals surface area contributed by atoms with Gasteiger partial charge in [0.25, 0.3) is 0 Å². The smallest absolute Gasteiger partial charge is 0.340 e. The van der Waals surface area contributed by atoms with Crippen LogP contribution in [0, 0.1) is 5.92 Å². The molecule has 0 radical (unpaired) electrons. The minimum atomic E-state index is -1.72. The zero-order valence-corrected chi connectivity index (χ0v) is 11.0. The lowest BCUT2D eigenvalue weighted by Crippen LogP contribution is -2.43. The molecule has 0 heterocycles. The van der Waals surface area contributed by atoms with Gasteiger partial charge in [-0.15, -0.1) is 12.4 Å². The van der Waals surface area contributed by atoms with Crippen LogP contribution in [0.3, 0.4) is 0 Å². The van der Waals surface area contributed by atoms with Crippen LogP contribution in [0.2, 0.25) is 0 Å². The van der Waals surface area contributed by atoms with Crippen LogP contribution in [0.25, 0.3) is 0 Å². The summed E-state index contributed by atoms with van der Waals surface area (Å²) in [7, 11) is 0. The Labute approximate surface area is 113 Å². The SMILES string of the molecule is Cl.O=C(O)[C@@](O)(c1ccccc1)C1CCCCC1. The van der Waals surface area contributed by atoms with Crippen molar-refractivity contribution in [2.75, 3.05) is 0 Å². The monoisotopic (exact) mass is 270 g/mol. The molecule has 1 aromatic rings. The predicted octanol–water partition coefficient (Wildman–Crippen LogP) is 2.96. The Bertz CT molecular complexity index is 387. The van der Waals surface area contributed by atoms with Gasteiger partial charge in [-0.25, -0.2) is 4.79 Å². The number of carboxylic acid groups (broad SMARTS) is 1. The number of carboxylic acids is 1. The van der Waals surface area contributed by atoms with Crippen molar-refractivity contribution in [2.45, 2.75) is 37.7 Å². The predicted molar refractivity (Wildman–Crippen MR) is 71.8 cm³/mol. The molecule has 2 rings (SSSR count). The molecular formula is C14H19ClO3. The molecule has 4 heteroatoms. The minimum absolute atomic E-state index is 0. The first-order valence-electron chi connectivity index (χ1n) is 6.17. The molecule has 1 aliphatic rings. The normalized spacial score (nSPS) is 19.6. The van der Waals surface area contributed by atoms with E-state index < -0.39 is 11.6 Å². The summed E-state index contributed by atoms with van der Waals surface area (Å²) in [5.74, 6) is -1.30. The molecule has 0 bridgehead atoms. The Hall–Kier alpha value is -1.06. The number of rotatable bonds is 3. The number of aliphatic carboxylic acids is 1. The molecule has 1 fully saturated rings. The Morgan fingerprint density at radius 1 is 1.11 bits per heavy atom. The molecule has 1 atom stereocenters. The van der Waals surface area contributed by atoms with Crippen LogP contribution < -0.4 is 0 Å². The first kappa shape index (κ1) is 15.0. The van der Waals surface area contributed by atoms with Crippen molar-refractivity contribution >= 4 is 18.4 Å². The summed E-state index contributed by atoms with van der Waals surface area (Å²) in [6, 6.07) is 8.76. The number of benzene rings is 1. The van der Waals surface area contributed by atoms with Gasteiger partial charge in [0.15, 0.2) is 5.60 Å². The van der Waals surface area contributed by atoms with Gasteiger partial charge in [0, 0.05) is 5.92 Å². The second kappa shape index (κ2) is 6.21. The lowest BCUT2D eigenvalue weighted by atomic mass is 9.73. The summed E-state index contributed by atoms with van der Waals surface area (Å²) in [4.78, 5) is 11.5. The molecular weight excluding hydrogens is 252 g/mol. The average Bonchev–Trinajstić information content (AvgIpc) is 2.39. The molecule has 0 spiro atoms. The van der Waals surface area contributed by atoms with E-state index in [0.29, 0.717) is 5.56 Å². The van der Waals surface area contributed by atoms with Crippen LogP contribution in [0.15, 0.2) is 30.3 Å². The number of halogens is 1. The van der Waals surface area contributed by atoms with E-state index in [-0.39, 0.29) is 18.3 Å². The fraction of sp³-hybridized carbons (Fsp3) is 0.500. The van der Waals surface area contributed by atoms with Crippen LogP contribution in [-0.4, -0.2) is 16.2 Å². The maximum atomic E-state index is 11.5. The van der Waals surface area contributed by atoms with E-state index in [2.05, 4.69) is 0 Å². The van der Waals surface area contributed by atoms with Crippen molar-refractivity contribution in [3.05, 3.63) is 35.9 Å². The van der Waals surface area contributed by atoms with Gasteiger partial charge in [-0.2, -0.15) is 0 Å². The summed E-state index contributed by atoms with van der Waals surface area (Å²) in [5, 5.41) is 20.0. The standard InChI is InChI=1S/C14H18O3.ClH/c15-13(16)14(17,11-7-3-1-4-8-11)12-9-5-2-6-10-12;/h1,3-4,7-8,12,17H,2,5-6,9-10H2,(H,15,16);1H/t14-;/m1./s1. The van der Waals surface area contributed by atoms with Crippen LogP contribution in [0.5, 0.6) is 0 Å². The van der Waals surface area contributed by atoms with Gasteiger partial charge in [-0.05, 0) is 18.4 Å². The number of carbonyl (C=O) groups is 1. The first-order chi connectivity index (χ1) is 8.15. The van der Waals surface area contributed by atoms with Gasteiger partial charge in [0.1, 0.15) is 0 Å². The van der Waals surface area contributed by atoms with Crippen molar-refractivity contribution in [1.29, 1.82) is 0 Å². The number of hydrogen-bond donors (Lipinski definition) is 2. The fourth-order valence-corrected chi connectivity index (χ4v) is 2.75. The van der Waals surface area contributed by atoms with E-state index in [0.717, 1.165) is 32.1 Å². The third-order valence-electron chi connectivity index (χ3n) is 3.74. The third-order valence-corrected chi connectivity index (χ3v) is 3.74. The second-order valence-corrected chi connectivity index (χ2v) is 4.77. The van der Waals surface area contributed by atoms with Crippen LogP contribution in [-0.2, 0) is 10.4 Å². The third kappa shape index (κ3) is 2.68. The molecule has 1 saturated carbocycles. The molecule has 0 aliphatic heterocycles. The van der Waals surface area contributed by atoms with Gasteiger partial charge in [0.2, 0.25) is 0 Å². The van der Waals surface area contributed by atoms with Crippen molar-refractivity contribution in [1.82, 2.24) is 0 Å². The van der Waals surface area contributed by atoms with Crippen LogP contribution >= 0.6 is 12.4 Å². The molecule has 1 aliphatic carbocycles. The number of aliphatic hydroxyl groups is 1. The molecule has 0 aromatic heterocycles. The quantitative estimate of drug-likeness (QED) is 0.888. The van der Waals surface area contributed by atoms with E-state index in [1.165, 1.54) is 0 Å². The summed E-state index contributed by atoms with van der Waals surface area (Å²) in [6.45, 7) is 0. The molecule has 1 aromatic carbocycles. The molecule has 0 amide bonds. The lowest BCUT2D eigenvalue weighted by Gasteiger charge is -2.35. The zero-order chi connectivity index (χ0) is 12.3. The van der Waals surface area contributed by atoms with E-state index in [1.807, 2.05) is 6.07 Å². The molecule has 2 N–H and O–H groups in total. The Morgan fingerprint density at radius 3 is 2.17 bits per heavy atom. The van der Waals surface area contributed by atoms with Crippen molar-refractivity contribution in [3.8, 4) is 0 Å². The van der Waals surface area contributed by atoms with Crippen LogP contribution in [0.1, 0.15) is 37.7 Å². The average molecular weight is 271 g/mol.